The SMILES string of the molecule is CCC[C@](C)(CC(=O)[C@@H]1C[C@]2(CC(c3cc(C)c(OC)c(C)c3)=NO2)CN1C(=O)[C@@H](NC(=O)CC1CCCCC1)C(C)(C)C)C(=O)C(=O)NC1CC1. The number of carbonyl (C=O) groups excluding carboxylic acids is 5. The second kappa shape index (κ2) is 15.7. The maximum absolute atomic E-state index is 14.8. The molecule has 0 aromatic heterocycles. The van der Waals surface area contributed by atoms with Crippen molar-refractivity contribution < 1.29 is 33.5 Å². The van der Waals surface area contributed by atoms with Gasteiger partial charge in [0.2, 0.25) is 17.6 Å². The molecule has 1 spiro atoms. The predicted octanol–water partition coefficient (Wildman–Crippen LogP) is 5.89. The second-order valence-electron chi connectivity index (χ2n) is 17.4. The van der Waals surface area contributed by atoms with Crippen molar-refractivity contribution >= 4 is 35.0 Å². The molecule has 3 amide bonds. The zero-order valence-electron chi connectivity index (χ0n) is 32.6. The molecule has 1 saturated heterocycles. The number of rotatable bonds is 14. The number of likely N-dealkylation sites (tertiary alicyclic amines) is 1. The fraction of sp³-hybridized carbons (Fsp3) is 0.707. The van der Waals surface area contributed by atoms with E-state index in [-0.39, 0.29) is 43.0 Å². The van der Waals surface area contributed by atoms with E-state index in [4.69, 9.17) is 9.57 Å². The van der Waals surface area contributed by atoms with Crippen LogP contribution in [0.3, 0.4) is 0 Å². The minimum atomic E-state index is -1.23. The van der Waals surface area contributed by atoms with Crippen molar-refractivity contribution in [3.05, 3.63) is 28.8 Å². The molecule has 1 aromatic rings. The highest BCUT2D eigenvalue weighted by Crippen LogP contribution is 2.43. The molecule has 286 valence electrons. The number of hydrogen-bond donors (Lipinski definition) is 2. The number of Topliss-reactive ketones (excluding diaryl/α,β-unsaturated/α-hetero) is 2. The molecule has 4 aliphatic rings. The van der Waals surface area contributed by atoms with Crippen LogP contribution in [-0.2, 0) is 28.8 Å². The molecule has 3 fully saturated rings. The summed E-state index contributed by atoms with van der Waals surface area (Å²) in [5.74, 6) is -0.977. The van der Waals surface area contributed by atoms with E-state index in [0.29, 0.717) is 37.3 Å². The van der Waals surface area contributed by atoms with Crippen LogP contribution in [0.4, 0.5) is 0 Å². The highest BCUT2D eigenvalue weighted by molar-refractivity contribution is 6.38. The van der Waals surface area contributed by atoms with E-state index in [9.17, 15) is 24.0 Å². The highest BCUT2D eigenvalue weighted by atomic mass is 16.7. The molecule has 0 radical (unpaired) electrons. The standard InChI is InChI=1S/C41H60N4O7/c1-9-17-40(7,36(48)37(49)42-29-15-16-29)23-32(46)31-22-41(21-30(44-52-41)28-18-25(2)34(51-8)26(3)19-28)24-45(31)38(50)35(39(4,5)6)43-33(47)20-27-13-11-10-12-14-27/h18-19,27,29,31,35H,9-17,20-24H2,1-8H3,(H,42,49)(H,43,47)/t31-,35+,40+,41+/m0/s1. The fourth-order valence-corrected chi connectivity index (χ4v) is 8.55. The van der Waals surface area contributed by atoms with Gasteiger partial charge in [-0.05, 0) is 80.5 Å². The van der Waals surface area contributed by atoms with Gasteiger partial charge in [0.05, 0.1) is 25.4 Å². The van der Waals surface area contributed by atoms with Crippen LogP contribution < -0.4 is 15.4 Å². The third kappa shape index (κ3) is 8.88. The molecule has 11 heteroatoms. The van der Waals surface area contributed by atoms with Crippen LogP contribution >= 0.6 is 0 Å². The number of amides is 3. The average molecular weight is 721 g/mol. The zero-order valence-corrected chi connectivity index (χ0v) is 32.6. The number of nitrogens with one attached hydrogen (secondary N) is 2. The van der Waals surface area contributed by atoms with Crippen molar-refractivity contribution in [2.45, 2.75) is 156 Å². The van der Waals surface area contributed by atoms with Crippen LogP contribution in [-0.4, -0.2) is 77.3 Å². The molecular weight excluding hydrogens is 660 g/mol. The summed E-state index contributed by atoms with van der Waals surface area (Å²) in [6, 6.07) is 2.18. The normalized spacial score (nSPS) is 23.7. The maximum atomic E-state index is 14.8. The summed E-state index contributed by atoms with van der Waals surface area (Å²) >= 11 is 0. The first kappa shape index (κ1) is 39.4. The van der Waals surface area contributed by atoms with Gasteiger partial charge in [-0.2, -0.15) is 0 Å². The first-order valence-electron chi connectivity index (χ1n) is 19.4. The van der Waals surface area contributed by atoms with E-state index in [0.717, 1.165) is 61.0 Å². The number of ketones is 2. The lowest BCUT2D eigenvalue weighted by Crippen LogP contribution is -2.57. The number of ether oxygens (including phenoxy) is 1. The Morgan fingerprint density at radius 2 is 1.67 bits per heavy atom. The number of methoxy groups -OCH3 is 1. The summed E-state index contributed by atoms with van der Waals surface area (Å²) in [7, 11) is 1.64. The minimum Gasteiger partial charge on any atom is -0.496 e. The molecule has 2 aliphatic carbocycles. The first-order chi connectivity index (χ1) is 24.5. The lowest BCUT2D eigenvalue weighted by molar-refractivity contribution is -0.147. The monoisotopic (exact) mass is 720 g/mol. The van der Waals surface area contributed by atoms with Gasteiger partial charge in [0.1, 0.15) is 11.8 Å². The van der Waals surface area contributed by atoms with E-state index in [1.807, 2.05) is 53.7 Å². The second-order valence-corrected chi connectivity index (χ2v) is 17.4. The van der Waals surface area contributed by atoms with Gasteiger partial charge in [0.25, 0.3) is 5.91 Å². The van der Waals surface area contributed by atoms with Crippen molar-refractivity contribution in [3.8, 4) is 5.75 Å². The molecule has 1 aromatic carbocycles. The van der Waals surface area contributed by atoms with Gasteiger partial charge in [-0.25, -0.2) is 0 Å². The molecule has 5 rings (SSSR count). The molecule has 2 N–H and O–H groups in total. The first-order valence-corrected chi connectivity index (χ1v) is 19.4. The highest BCUT2D eigenvalue weighted by Gasteiger charge is 2.56. The van der Waals surface area contributed by atoms with Crippen LogP contribution in [0.2, 0.25) is 0 Å². The van der Waals surface area contributed by atoms with Gasteiger partial charge >= 0.3 is 0 Å². The largest absolute Gasteiger partial charge is 0.496 e. The van der Waals surface area contributed by atoms with Crippen LogP contribution in [0.5, 0.6) is 5.75 Å². The third-order valence-electron chi connectivity index (χ3n) is 11.5. The fourth-order valence-electron chi connectivity index (χ4n) is 8.55. The molecule has 4 atom stereocenters. The van der Waals surface area contributed by atoms with Gasteiger partial charge in [0.15, 0.2) is 11.4 Å². The Balaban J connectivity index is 1.43. The van der Waals surface area contributed by atoms with Crippen molar-refractivity contribution in [1.29, 1.82) is 0 Å². The van der Waals surface area contributed by atoms with Gasteiger partial charge in [-0.3, -0.25) is 24.0 Å². The quantitative estimate of drug-likeness (QED) is 0.228. The molecule has 2 aliphatic heterocycles. The number of aryl methyl sites for hydroxylation is 2. The van der Waals surface area contributed by atoms with E-state index in [1.165, 1.54) is 6.42 Å². The Bertz CT molecular complexity index is 1560. The molecular formula is C41H60N4O7. The Morgan fingerprint density at radius 1 is 1.02 bits per heavy atom. The van der Waals surface area contributed by atoms with Crippen molar-refractivity contribution in [2.75, 3.05) is 13.7 Å². The predicted molar refractivity (Wildman–Crippen MR) is 199 cm³/mol. The molecule has 11 nitrogen and oxygen atoms in total. The van der Waals surface area contributed by atoms with E-state index < -0.39 is 40.2 Å². The van der Waals surface area contributed by atoms with Gasteiger partial charge in [0, 0.05) is 42.7 Å². The van der Waals surface area contributed by atoms with Crippen molar-refractivity contribution in [2.24, 2.45) is 21.9 Å². The van der Waals surface area contributed by atoms with Crippen molar-refractivity contribution in [1.82, 2.24) is 15.5 Å². The molecule has 0 unspecified atom stereocenters. The Kier molecular flexibility index (Phi) is 11.9. The smallest absolute Gasteiger partial charge is 0.288 e. The third-order valence-corrected chi connectivity index (χ3v) is 11.5. The molecule has 2 saturated carbocycles. The summed E-state index contributed by atoms with van der Waals surface area (Å²) in [6.45, 7) is 13.4. The zero-order chi connectivity index (χ0) is 38.0. The van der Waals surface area contributed by atoms with Crippen LogP contribution in [0, 0.1) is 30.6 Å². The summed E-state index contributed by atoms with van der Waals surface area (Å²) in [5, 5.41) is 10.4. The summed E-state index contributed by atoms with van der Waals surface area (Å²) < 4.78 is 5.57. The number of hydrogen-bond acceptors (Lipinski definition) is 8. The Hall–Kier alpha value is -3.76. The topological polar surface area (TPSA) is 143 Å². The van der Waals surface area contributed by atoms with E-state index >= 15 is 0 Å². The minimum absolute atomic E-state index is 0.00970. The summed E-state index contributed by atoms with van der Waals surface area (Å²) in [6.07, 6.45) is 8.78. The van der Waals surface area contributed by atoms with Gasteiger partial charge in [-0.1, -0.05) is 65.5 Å². The summed E-state index contributed by atoms with van der Waals surface area (Å²) in [4.78, 5) is 77.1. The Morgan fingerprint density at radius 3 is 2.25 bits per heavy atom. The number of nitrogens with zero attached hydrogens (tertiary/aromatic N) is 2. The van der Waals surface area contributed by atoms with Crippen LogP contribution in [0.25, 0.3) is 0 Å². The molecule has 0 bridgehead atoms. The number of benzene rings is 1. The van der Waals surface area contributed by atoms with Crippen molar-refractivity contribution in [3.63, 3.8) is 0 Å². The summed E-state index contributed by atoms with van der Waals surface area (Å²) in [5.41, 5.74) is 0.641. The maximum Gasteiger partial charge on any atom is 0.288 e. The van der Waals surface area contributed by atoms with Crippen LogP contribution in [0.1, 0.15) is 135 Å². The molecule has 2 heterocycles. The average Bonchev–Trinajstić information content (AvgIpc) is 3.67. The van der Waals surface area contributed by atoms with E-state index in [1.54, 1.807) is 18.9 Å². The molecule has 52 heavy (non-hydrogen) atoms. The van der Waals surface area contributed by atoms with Crippen LogP contribution in [0.15, 0.2) is 17.3 Å². The number of oxime groups is 1. The Labute approximate surface area is 309 Å². The van der Waals surface area contributed by atoms with E-state index in [2.05, 4.69) is 15.8 Å². The lowest BCUT2D eigenvalue weighted by atomic mass is 9.75. The van der Waals surface area contributed by atoms with Gasteiger partial charge < -0.3 is 25.1 Å². The number of carbonyl (C=O) groups is 5. The lowest BCUT2D eigenvalue weighted by Gasteiger charge is -2.36. The van der Waals surface area contributed by atoms with Gasteiger partial charge in [-0.15, -0.1) is 0 Å².